The van der Waals surface area contributed by atoms with E-state index in [1.165, 1.54) is 0 Å². The normalized spacial score (nSPS) is 14.4. The maximum absolute atomic E-state index is 13.7. The second-order valence-electron chi connectivity index (χ2n) is 5.10. The number of nitrogens with one attached hydrogen (secondary N) is 3. The third-order valence-corrected chi connectivity index (χ3v) is 3.56. The zero-order valence-electron chi connectivity index (χ0n) is 11.7. The molecule has 0 spiro atoms. The fraction of sp³-hybridized carbons (Fsp3) is 0.286. The van der Waals surface area contributed by atoms with Gasteiger partial charge in [0.05, 0.1) is 11.3 Å². The van der Waals surface area contributed by atoms with E-state index in [4.69, 9.17) is 0 Å². The smallest absolute Gasteiger partial charge is 0.318 e. The third kappa shape index (κ3) is 3.04. The number of benzene rings is 1. The van der Waals surface area contributed by atoms with E-state index in [0.717, 1.165) is 12.2 Å². The number of alkyl halides is 3. The maximum Gasteiger partial charge on any atom is 0.416 e. The Morgan fingerprint density at radius 2 is 2.09 bits per heavy atom. The Hall–Kier alpha value is -2.42. The number of carbonyl (C=O) groups excluding carboxylic acids is 1. The SMILES string of the molecule is O=C(Nc1cc(C(F)(F)F)ccc1F)c1n[nH]c2c1CNCC2. The highest BCUT2D eigenvalue weighted by molar-refractivity contribution is 6.04. The van der Waals surface area contributed by atoms with Crippen molar-refractivity contribution in [2.75, 3.05) is 11.9 Å². The second-order valence-corrected chi connectivity index (χ2v) is 5.10. The van der Waals surface area contributed by atoms with Gasteiger partial charge in [-0.3, -0.25) is 9.89 Å². The van der Waals surface area contributed by atoms with E-state index in [1.807, 2.05) is 0 Å². The summed E-state index contributed by atoms with van der Waals surface area (Å²) in [6.45, 7) is 1.15. The lowest BCUT2D eigenvalue weighted by atomic mass is 10.1. The molecule has 0 atom stereocenters. The molecule has 23 heavy (non-hydrogen) atoms. The van der Waals surface area contributed by atoms with Crippen LogP contribution in [-0.2, 0) is 19.1 Å². The Kier molecular flexibility index (Phi) is 3.80. The molecule has 0 saturated carbocycles. The van der Waals surface area contributed by atoms with Crippen molar-refractivity contribution in [3.8, 4) is 0 Å². The largest absolute Gasteiger partial charge is 0.416 e. The van der Waals surface area contributed by atoms with Gasteiger partial charge in [0, 0.05) is 30.8 Å². The molecule has 2 heterocycles. The van der Waals surface area contributed by atoms with Crippen molar-refractivity contribution < 1.29 is 22.4 Å². The first-order chi connectivity index (χ1) is 10.9. The van der Waals surface area contributed by atoms with Crippen LogP contribution in [0.3, 0.4) is 0 Å². The van der Waals surface area contributed by atoms with Gasteiger partial charge in [-0.05, 0) is 18.2 Å². The summed E-state index contributed by atoms with van der Waals surface area (Å²) in [5.74, 6) is -1.71. The minimum atomic E-state index is -4.62. The lowest BCUT2D eigenvalue weighted by Gasteiger charge is -2.13. The first-order valence-electron chi connectivity index (χ1n) is 6.81. The molecule has 0 saturated heterocycles. The number of fused-ring (bicyclic) bond motifs is 1. The molecule has 1 aromatic carbocycles. The van der Waals surface area contributed by atoms with E-state index >= 15 is 0 Å². The van der Waals surface area contributed by atoms with Gasteiger partial charge in [0.25, 0.3) is 5.91 Å². The highest BCUT2D eigenvalue weighted by Gasteiger charge is 2.31. The van der Waals surface area contributed by atoms with Gasteiger partial charge in [-0.2, -0.15) is 18.3 Å². The quantitative estimate of drug-likeness (QED) is 0.742. The summed E-state index contributed by atoms with van der Waals surface area (Å²) in [5.41, 5.74) is -0.103. The summed E-state index contributed by atoms with van der Waals surface area (Å²) in [4.78, 5) is 12.2. The van der Waals surface area contributed by atoms with Gasteiger partial charge < -0.3 is 10.6 Å². The summed E-state index contributed by atoms with van der Waals surface area (Å²) >= 11 is 0. The van der Waals surface area contributed by atoms with Crippen LogP contribution >= 0.6 is 0 Å². The van der Waals surface area contributed by atoms with Gasteiger partial charge in [-0.15, -0.1) is 0 Å². The Balaban J connectivity index is 1.87. The lowest BCUT2D eigenvalue weighted by molar-refractivity contribution is -0.137. The van der Waals surface area contributed by atoms with Gasteiger partial charge >= 0.3 is 6.18 Å². The Morgan fingerprint density at radius 3 is 2.83 bits per heavy atom. The molecule has 0 fully saturated rings. The standard InChI is InChI=1S/C14H12F4N4O/c15-9-2-1-7(14(16,17)18)5-11(9)20-13(23)12-8-6-19-4-3-10(8)21-22-12/h1-2,5,19H,3-4,6H2,(H,20,23)(H,21,22). The topological polar surface area (TPSA) is 69.8 Å². The van der Waals surface area contributed by atoms with Crippen LogP contribution in [0, 0.1) is 5.82 Å². The molecule has 0 bridgehead atoms. The first kappa shape index (κ1) is 15.5. The average Bonchev–Trinajstić information content (AvgIpc) is 2.92. The van der Waals surface area contributed by atoms with Gasteiger partial charge in [-0.25, -0.2) is 4.39 Å². The number of aromatic nitrogens is 2. The molecule has 3 N–H and O–H groups in total. The predicted molar refractivity (Wildman–Crippen MR) is 73.4 cm³/mol. The Bertz CT molecular complexity index is 754. The van der Waals surface area contributed by atoms with Crippen molar-refractivity contribution in [2.24, 2.45) is 0 Å². The molecule has 0 aliphatic carbocycles. The number of anilines is 1. The van der Waals surface area contributed by atoms with E-state index in [2.05, 4.69) is 20.8 Å². The molecule has 0 radical (unpaired) electrons. The van der Waals surface area contributed by atoms with Crippen LogP contribution in [0.4, 0.5) is 23.2 Å². The minimum Gasteiger partial charge on any atom is -0.318 e. The number of carbonyl (C=O) groups is 1. The molecule has 1 amide bonds. The van der Waals surface area contributed by atoms with Crippen LogP contribution in [0.1, 0.15) is 27.3 Å². The summed E-state index contributed by atoms with van der Waals surface area (Å²) in [7, 11) is 0. The zero-order valence-corrected chi connectivity index (χ0v) is 11.7. The average molecular weight is 328 g/mol. The van der Waals surface area contributed by atoms with Crippen molar-refractivity contribution in [3.05, 3.63) is 46.5 Å². The molecular weight excluding hydrogens is 316 g/mol. The molecule has 1 aliphatic heterocycles. The van der Waals surface area contributed by atoms with Crippen molar-refractivity contribution in [2.45, 2.75) is 19.1 Å². The molecule has 9 heteroatoms. The number of hydrogen-bond acceptors (Lipinski definition) is 3. The van der Waals surface area contributed by atoms with Gasteiger partial charge in [0.2, 0.25) is 0 Å². The van der Waals surface area contributed by atoms with Gasteiger partial charge in [0.15, 0.2) is 5.69 Å². The summed E-state index contributed by atoms with van der Waals surface area (Å²) in [6, 6.07) is 1.84. The number of amides is 1. The highest BCUT2D eigenvalue weighted by Crippen LogP contribution is 2.32. The summed E-state index contributed by atoms with van der Waals surface area (Å²) < 4.78 is 51.7. The number of halogens is 4. The number of hydrogen-bond donors (Lipinski definition) is 3. The van der Waals surface area contributed by atoms with E-state index in [1.54, 1.807) is 0 Å². The number of nitrogens with zero attached hydrogens (tertiary/aromatic N) is 1. The van der Waals surface area contributed by atoms with E-state index in [9.17, 15) is 22.4 Å². The van der Waals surface area contributed by atoms with Crippen LogP contribution in [-0.4, -0.2) is 22.6 Å². The maximum atomic E-state index is 13.7. The Labute approximate surface area is 128 Å². The molecule has 1 aliphatic rings. The number of H-pyrrole nitrogens is 1. The van der Waals surface area contributed by atoms with Crippen LogP contribution < -0.4 is 10.6 Å². The highest BCUT2D eigenvalue weighted by atomic mass is 19.4. The molecule has 0 unspecified atom stereocenters. The molecular formula is C14H12F4N4O. The molecule has 1 aromatic heterocycles. The van der Waals surface area contributed by atoms with Crippen molar-refractivity contribution >= 4 is 11.6 Å². The van der Waals surface area contributed by atoms with E-state index in [0.29, 0.717) is 36.7 Å². The first-order valence-corrected chi connectivity index (χ1v) is 6.81. The fourth-order valence-corrected chi connectivity index (χ4v) is 2.39. The van der Waals surface area contributed by atoms with Crippen LogP contribution in [0.5, 0.6) is 0 Å². The number of aromatic amines is 1. The van der Waals surface area contributed by atoms with Crippen molar-refractivity contribution in [1.82, 2.24) is 15.5 Å². The third-order valence-electron chi connectivity index (χ3n) is 3.56. The zero-order chi connectivity index (χ0) is 16.6. The van der Waals surface area contributed by atoms with Gasteiger partial charge in [0.1, 0.15) is 5.82 Å². The van der Waals surface area contributed by atoms with Gasteiger partial charge in [-0.1, -0.05) is 0 Å². The minimum absolute atomic E-state index is 0.0454. The summed E-state index contributed by atoms with van der Waals surface area (Å²) in [6.07, 6.45) is -3.96. The van der Waals surface area contributed by atoms with Crippen molar-refractivity contribution in [3.63, 3.8) is 0 Å². The molecule has 3 rings (SSSR count). The fourth-order valence-electron chi connectivity index (χ4n) is 2.39. The van der Waals surface area contributed by atoms with Crippen LogP contribution in [0.25, 0.3) is 0 Å². The Morgan fingerprint density at radius 1 is 1.30 bits per heavy atom. The second kappa shape index (κ2) is 5.65. The molecule has 5 nitrogen and oxygen atoms in total. The molecule has 2 aromatic rings. The number of rotatable bonds is 2. The lowest BCUT2D eigenvalue weighted by Crippen LogP contribution is -2.25. The van der Waals surface area contributed by atoms with E-state index in [-0.39, 0.29) is 5.69 Å². The molecule has 122 valence electrons. The van der Waals surface area contributed by atoms with Crippen LogP contribution in [0.15, 0.2) is 18.2 Å². The predicted octanol–water partition coefficient (Wildman–Crippen LogP) is 2.47. The van der Waals surface area contributed by atoms with Crippen LogP contribution in [0.2, 0.25) is 0 Å². The monoisotopic (exact) mass is 328 g/mol. The van der Waals surface area contributed by atoms with Crippen molar-refractivity contribution in [1.29, 1.82) is 0 Å². The van der Waals surface area contributed by atoms with E-state index < -0.39 is 29.2 Å². The summed E-state index contributed by atoms with van der Waals surface area (Å²) in [5, 5.41) is 11.8.